The summed E-state index contributed by atoms with van der Waals surface area (Å²) in [6.07, 6.45) is 6.35. The van der Waals surface area contributed by atoms with Gasteiger partial charge in [0.05, 0.1) is 0 Å². The Morgan fingerprint density at radius 2 is 1.19 bits per heavy atom. The van der Waals surface area contributed by atoms with Crippen LogP contribution in [0.5, 0.6) is 0 Å². The van der Waals surface area contributed by atoms with Gasteiger partial charge in [-0.3, -0.25) is 0 Å². The third kappa shape index (κ3) is 2.56. The van der Waals surface area contributed by atoms with Gasteiger partial charge in [0.2, 0.25) is 0 Å². The Kier molecular flexibility index (Phi) is 3.85. The molecular formula is C12H26N4. The molecule has 2 fully saturated rings. The summed E-state index contributed by atoms with van der Waals surface area (Å²) >= 11 is 0. The molecule has 4 heteroatoms. The van der Waals surface area contributed by atoms with Gasteiger partial charge < -0.3 is 22.9 Å². The van der Waals surface area contributed by atoms with Crippen LogP contribution in [-0.4, -0.2) is 24.2 Å². The van der Waals surface area contributed by atoms with Gasteiger partial charge in [0.15, 0.2) is 0 Å². The molecule has 0 aromatic heterocycles. The Labute approximate surface area is 98.1 Å². The molecule has 0 aromatic carbocycles. The molecule has 2 aliphatic carbocycles. The normalized spacial score (nSPS) is 50.2. The van der Waals surface area contributed by atoms with Gasteiger partial charge in [0.25, 0.3) is 0 Å². The predicted octanol–water partition coefficient (Wildman–Crippen LogP) is -0.104. The van der Waals surface area contributed by atoms with Crippen molar-refractivity contribution in [3.63, 3.8) is 0 Å². The predicted molar refractivity (Wildman–Crippen MR) is 66.6 cm³/mol. The molecule has 0 spiro atoms. The van der Waals surface area contributed by atoms with Crippen molar-refractivity contribution >= 4 is 0 Å². The van der Waals surface area contributed by atoms with Crippen molar-refractivity contribution in [1.82, 2.24) is 0 Å². The summed E-state index contributed by atoms with van der Waals surface area (Å²) in [7, 11) is 0. The third-order valence-electron chi connectivity index (χ3n) is 4.54. The first kappa shape index (κ1) is 12.3. The lowest BCUT2D eigenvalue weighted by molar-refractivity contribution is 0.134. The minimum atomic E-state index is 0.227. The van der Waals surface area contributed by atoms with E-state index in [0.717, 1.165) is 38.5 Å². The molecule has 6 atom stereocenters. The van der Waals surface area contributed by atoms with Crippen LogP contribution in [0.25, 0.3) is 0 Å². The fourth-order valence-electron chi connectivity index (χ4n) is 3.55. The van der Waals surface area contributed by atoms with E-state index < -0.39 is 0 Å². The molecule has 0 bridgehead atoms. The van der Waals surface area contributed by atoms with E-state index in [1.807, 2.05) is 0 Å². The first-order valence-electron chi connectivity index (χ1n) is 6.60. The molecule has 2 aliphatic rings. The van der Waals surface area contributed by atoms with Crippen molar-refractivity contribution in [1.29, 1.82) is 0 Å². The molecule has 6 unspecified atom stereocenters. The topological polar surface area (TPSA) is 104 Å². The Morgan fingerprint density at radius 3 is 1.88 bits per heavy atom. The first-order valence-corrected chi connectivity index (χ1v) is 6.60. The van der Waals surface area contributed by atoms with Crippen LogP contribution in [0.4, 0.5) is 0 Å². The lowest BCUT2D eigenvalue weighted by Crippen LogP contribution is -2.52. The van der Waals surface area contributed by atoms with Crippen LogP contribution >= 0.6 is 0 Å². The molecule has 4 nitrogen and oxygen atoms in total. The van der Waals surface area contributed by atoms with Gasteiger partial charge in [-0.2, -0.15) is 0 Å². The molecule has 2 rings (SSSR count). The van der Waals surface area contributed by atoms with E-state index in [1.54, 1.807) is 0 Å². The van der Waals surface area contributed by atoms with E-state index in [4.69, 9.17) is 22.9 Å². The Balaban J connectivity index is 1.99. The van der Waals surface area contributed by atoms with Crippen LogP contribution in [0.2, 0.25) is 0 Å². The molecule has 0 aromatic rings. The van der Waals surface area contributed by atoms with Gasteiger partial charge in [-0.15, -0.1) is 0 Å². The summed E-state index contributed by atoms with van der Waals surface area (Å²) in [6, 6.07) is 1.14. The zero-order valence-corrected chi connectivity index (χ0v) is 10.0. The molecule has 0 amide bonds. The second kappa shape index (κ2) is 5.00. The Bertz CT molecular complexity index is 233. The van der Waals surface area contributed by atoms with Crippen LogP contribution in [0.15, 0.2) is 0 Å². The third-order valence-corrected chi connectivity index (χ3v) is 4.54. The van der Waals surface area contributed by atoms with Gasteiger partial charge >= 0.3 is 0 Å². The van der Waals surface area contributed by atoms with Gasteiger partial charge in [0.1, 0.15) is 0 Å². The Morgan fingerprint density at radius 1 is 0.562 bits per heavy atom. The van der Waals surface area contributed by atoms with E-state index in [-0.39, 0.29) is 6.04 Å². The lowest BCUT2D eigenvalue weighted by atomic mass is 9.67. The van der Waals surface area contributed by atoms with Crippen LogP contribution < -0.4 is 22.9 Å². The minimum Gasteiger partial charge on any atom is -0.328 e. The quantitative estimate of drug-likeness (QED) is 0.501. The molecule has 0 radical (unpaired) electrons. The van der Waals surface area contributed by atoms with Gasteiger partial charge in [-0.1, -0.05) is 0 Å². The van der Waals surface area contributed by atoms with Crippen molar-refractivity contribution in [2.24, 2.45) is 34.8 Å². The fraction of sp³-hybridized carbons (Fsp3) is 1.00. The first-order chi connectivity index (χ1) is 7.58. The molecule has 8 N–H and O–H groups in total. The summed E-state index contributed by atoms with van der Waals surface area (Å²) in [5.41, 5.74) is 24.4. The van der Waals surface area contributed by atoms with Crippen molar-refractivity contribution in [2.45, 2.75) is 62.7 Å². The average molecular weight is 226 g/mol. The molecule has 0 heterocycles. The minimum absolute atomic E-state index is 0.227. The number of nitrogens with two attached hydrogens (primary N) is 4. The van der Waals surface area contributed by atoms with Crippen molar-refractivity contribution in [3.8, 4) is 0 Å². The maximum Gasteiger partial charge on any atom is 0.00851 e. The molecule has 0 aliphatic heterocycles. The monoisotopic (exact) mass is 226 g/mol. The second-order valence-corrected chi connectivity index (χ2v) is 5.80. The highest BCUT2D eigenvalue weighted by Crippen LogP contribution is 2.36. The van der Waals surface area contributed by atoms with Crippen LogP contribution in [0, 0.1) is 11.8 Å². The standard InChI is InChI=1S/C12H26N4/c13-7-2-4-11(15)10(5-7)9-3-1-8(14)6-12(9)16/h7-12H,1-6,13-16H2. The molecule has 0 saturated heterocycles. The van der Waals surface area contributed by atoms with Crippen LogP contribution in [-0.2, 0) is 0 Å². The average Bonchev–Trinajstić information content (AvgIpc) is 2.22. The largest absolute Gasteiger partial charge is 0.328 e. The van der Waals surface area contributed by atoms with Crippen molar-refractivity contribution in [3.05, 3.63) is 0 Å². The summed E-state index contributed by atoms with van der Waals surface area (Å²) in [4.78, 5) is 0. The van der Waals surface area contributed by atoms with Gasteiger partial charge in [0, 0.05) is 24.2 Å². The molecule has 94 valence electrons. The zero-order valence-electron chi connectivity index (χ0n) is 10.0. The second-order valence-electron chi connectivity index (χ2n) is 5.80. The maximum atomic E-state index is 6.23. The highest BCUT2D eigenvalue weighted by atomic mass is 14.8. The summed E-state index contributed by atoms with van der Waals surface area (Å²) in [5, 5.41) is 0. The Hall–Kier alpha value is -0.160. The van der Waals surface area contributed by atoms with E-state index in [2.05, 4.69) is 0 Å². The smallest absolute Gasteiger partial charge is 0.00851 e. The number of rotatable bonds is 1. The van der Waals surface area contributed by atoms with Gasteiger partial charge in [-0.25, -0.2) is 0 Å². The zero-order chi connectivity index (χ0) is 11.7. The van der Waals surface area contributed by atoms with E-state index in [0.29, 0.717) is 30.0 Å². The number of hydrogen-bond donors (Lipinski definition) is 4. The highest BCUT2D eigenvalue weighted by molar-refractivity contribution is 4.95. The fourth-order valence-corrected chi connectivity index (χ4v) is 3.55. The summed E-state index contributed by atoms with van der Waals surface area (Å²) < 4.78 is 0. The van der Waals surface area contributed by atoms with Crippen LogP contribution in [0.1, 0.15) is 38.5 Å². The van der Waals surface area contributed by atoms with E-state index in [1.165, 1.54) is 0 Å². The molecule has 16 heavy (non-hydrogen) atoms. The summed E-state index contributed by atoms with van der Waals surface area (Å²) in [5.74, 6) is 1.06. The van der Waals surface area contributed by atoms with Gasteiger partial charge in [-0.05, 0) is 50.4 Å². The number of hydrogen-bond acceptors (Lipinski definition) is 4. The van der Waals surface area contributed by atoms with E-state index in [9.17, 15) is 0 Å². The van der Waals surface area contributed by atoms with E-state index >= 15 is 0 Å². The summed E-state index contributed by atoms with van der Waals surface area (Å²) in [6.45, 7) is 0. The van der Waals surface area contributed by atoms with Crippen LogP contribution in [0.3, 0.4) is 0 Å². The SMILES string of the molecule is NC1CCC(C2CC(N)CCC2N)C(N)C1. The molecule has 2 saturated carbocycles. The lowest BCUT2D eigenvalue weighted by Gasteiger charge is -2.43. The van der Waals surface area contributed by atoms with Crippen molar-refractivity contribution < 1.29 is 0 Å². The molecular weight excluding hydrogens is 200 g/mol. The van der Waals surface area contributed by atoms with Crippen molar-refractivity contribution in [2.75, 3.05) is 0 Å². The maximum absolute atomic E-state index is 6.23. The highest BCUT2D eigenvalue weighted by Gasteiger charge is 2.37.